The van der Waals surface area contributed by atoms with Crippen molar-refractivity contribution in [3.63, 3.8) is 0 Å². The number of phenolic OH excluding ortho intramolecular Hbond substituents is 1. The Morgan fingerprint density at radius 3 is 2.46 bits per heavy atom. The summed E-state index contributed by atoms with van der Waals surface area (Å²) in [4.78, 5) is 14.5. The number of benzene rings is 3. The van der Waals surface area contributed by atoms with Crippen molar-refractivity contribution in [3.8, 4) is 5.75 Å². The Morgan fingerprint density at radius 1 is 1.04 bits per heavy atom. The quantitative estimate of drug-likeness (QED) is 0.725. The van der Waals surface area contributed by atoms with Gasteiger partial charge in [-0.1, -0.05) is 36.4 Å². The first kappa shape index (κ1) is 17.9. The molecule has 0 spiro atoms. The zero-order valence-corrected chi connectivity index (χ0v) is 14.5. The summed E-state index contributed by atoms with van der Waals surface area (Å²) in [5.41, 5.74) is 0.659. The first-order chi connectivity index (χ1) is 12.4. The number of rotatable bonds is 4. The van der Waals surface area contributed by atoms with Crippen molar-refractivity contribution in [1.82, 2.24) is 4.90 Å². The van der Waals surface area contributed by atoms with Crippen LogP contribution in [0.5, 0.6) is 5.75 Å². The number of carbonyl (C=O) groups is 1. The smallest absolute Gasteiger partial charge is 0.258 e. The fourth-order valence-electron chi connectivity index (χ4n) is 2.91. The molecule has 0 fully saturated rings. The van der Waals surface area contributed by atoms with Crippen LogP contribution in [0.15, 0.2) is 54.6 Å². The monoisotopic (exact) mass is 355 g/mol. The minimum Gasteiger partial charge on any atom is -0.506 e. The van der Waals surface area contributed by atoms with E-state index in [4.69, 9.17) is 0 Å². The van der Waals surface area contributed by atoms with E-state index in [1.165, 1.54) is 11.0 Å². The second-order valence-corrected chi connectivity index (χ2v) is 6.46. The van der Waals surface area contributed by atoms with E-state index >= 15 is 0 Å². The van der Waals surface area contributed by atoms with Crippen molar-refractivity contribution in [1.29, 1.82) is 0 Å². The molecule has 1 N–H and O–H groups in total. The van der Waals surface area contributed by atoms with Gasteiger partial charge in [-0.3, -0.25) is 4.79 Å². The van der Waals surface area contributed by atoms with Crippen LogP contribution in [0.1, 0.15) is 29.8 Å². The van der Waals surface area contributed by atoms with E-state index in [-0.39, 0.29) is 29.8 Å². The summed E-state index contributed by atoms with van der Waals surface area (Å²) in [7, 11) is 0. The number of nitrogens with zero attached hydrogens (tertiary/aromatic N) is 1. The van der Waals surface area contributed by atoms with Crippen molar-refractivity contribution < 1.29 is 18.7 Å². The number of phenols is 1. The lowest BCUT2D eigenvalue weighted by Gasteiger charge is -2.27. The van der Waals surface area contributed by atoms with Crippen LogP contribution in [0.4, 0.5) is 8.78 Å². The molecule has 26 heavy (non-hydrogen) atoms. The van der Waals surface area contributed by atoms with Gasteiger partial charge in [0, 0.05) is 18.0 Å². The molecule has 0 bridgehead atoms. The molecule has 0 atom stereocenters. The molecular weight excluding hydrogens is 336 g/mol. The highest BCUT2D eigenvalue weighted by Gasteiger charge is 2.23. The third kappa shape index (κ3) is 3.38. The average molecular weight is 355 g/mol. The van der Waals surface area contributed by atoms with Gasteiger partial charge in [-0.25, -0.2) is 8.78 Å². The van der Waals surface area contributed by atoms with Gasteiger partial charge in [0.15, 0.2) is 11.6 Å². The number of halogens is 2. The molecular formula is C21H19F2NO2. The normalized spacial score (nSPS) is 11.1. The lowest BCUT2D eigenvalue weighted by molar-refractivity contribution is 0.0687. The van der Waals surface area contributed by atoms with Crippen molar-refractivity contribution in [3.05, 3.63) is 77.4 Å². The maximum absolute atomic E-state index is 13.5. The van der Waals surface area contributed by atoms with Gasteiger partial charge in [0.05, 0.1) is 5.56 Å². The number of hydrogen-bond acceptors (Lipinski definition) is 2. The largest absolute Gasteiger partial charge is 0.506 e. The zero-order chi connectivity index (χ0) is 18.8. The molecule has 0 unspecified atom stereocenters. The predicted molar refractivity (Wildman–Crippen MR) is 97.0 cm³/mol. The lowest BCUT2D eigenvalue weighted by Crippen LogP contribution is -2.36. The van der Waals surface area contributed by atoms with Gasteiger partial charge in [0.25, 0.3) is 5.91 Å². The summed E-state index contributed by atoms with van der Waals surface area (Å²) >= 11 is 0. The summed E-state index contributed by atoms with van der Waals surface area (Å²) in [6.45, 7) is 3.77. The van der Waals surface area contributed by atoms with E-state index in [1.807, 2.05) is 26.0 Å². The first-order valence-electron chi connectivity index (χ1n) is 8.34. The number of carbonyl (C=O) groups excluding carboxylic acids is 1. The molecule has 0 saturated carbocycles. The number of amides is 1. The van der Waals surface area contributed by atoms with E-state index in [2.05, 4.69) is 0 Å². The van der Waals surface area contributed by atoms with Gasteiger partial charge in [0.2, 0.25) is 0 Å². The average Bonchev–Trinajstić information content (AvgIpc) is 2.62. The molecule has 3 aromatic carbocycles. The van der Waals surface area contributed by atoms with Crippen LogP contribution in [-0.2, 0) is 6.54 Å². The molecule has 3 aromatic rings. The standard InChI is InChI=1S/C21H19F2NO2/c1-13(2)24(12-14-7-10-18(22)19(23)11-14)21(26)17-9-8-15-5-3-4-6-16(15)20(17)25/h3-11,13,25H,12H2,1-2H3. The Kier molecular flexibility index (Phi) is 4.89. The van der Waals surface area contributed by atoms with Crippen molar-refractivity contribution in [2.45, 2.75) is 26.4 Å². The molecule has 1 amide bonds. The van der Waals surface area contributed by atoms with Gasteiger partial charge >= 0.3 is 0 Å². The maximum Gasteiger partial charge on any atom is 0.258 e. The van der Waals surface area contributed by atoms with Gasteiger partial charge in [0.1, 0.15) is 5.75 Å². The van der Waals surface area contributed by atoms with E-state index in [1.54, 1.807) is 24.3 Å². The van der Waals surface area contributed by atoms with Crippen LogP contribution in [0, 0.1) is 11.6 Å². The van der Waals surface area contributed by atoms with Crippen LogP contribution in [-0.4, -0.2) is 22.0 Å². The minimum atomic E-state index is -0.952. The predicted octanol–water partition coefficient (Wildman–Crippen LogP) is 4.87. The lowest BCUT2D eigenvalue weighted by atomic mass is 10.0. The Labute approximate surface area is 150 Å². The van der Waals surface area contributed by atoms with Gasteiger partial charge in [-0.05, 0) is 43.0 Å². The molecule has 134 valence electrons. The van der Waals surface area contributed by atoms with Crippen molar-refractivity contribution in [2.24, 2.45) is 0 Å². The summed E-state index contributed by atoms with van der Waals surface area (Å²) in [6, 6.07) is 14.0. The Morgan fingerprint density at radius 2 is 1.77 bits per heavy atom. The molecule has 0 radical (unpaired) electrons. The van der Waals surface area contributed by atoms with E-state index < -0.39 is 11.6 Å². The molecule has 0 saturated heterocycles. The fourth-order valence-corrected chi connectivity index (χ4v) is 2.91. The van der Waals surface area contributed by atoms with Crippen molar-refractivity contribution in [2.75, 3.05) is 0 Å². The minimum absolute atomic E-state index is 0.0796. The van der Waals surface area contributed by atoms with Crippen molar-refractivity contribution >= 4 is 16.7 Å². The molecule has 0 aliphatic heterocycles. The Hall–Kier alpha value is -2.95. The Bertz CT molecular complexity index is 969. The fraction of sp³-hybridized carbons (Fsp3) is 0.190. The number of hydrogen-bond donors (Lipinski definition) is 1. The van der Waals surface area contributed by atoms with Crippen LogP contribution in [0.3, 0.4) is 0 Å². The maximum atomic E-state index is 13.5. The number of aromatic hydroxyl groups is 1. The van der Waals surface area contributed by atoms with Gasteiger partial charge < -0.3 is 10.0 Å². The summed E-state index contributed by atoms with van der Waals surface area (Å²) < 4.78 is 26.6. The van der Waals surface area contributed by atoms with E-state index in [9.17, 15) is 18.7 Å². The molecule has 0 aliphatic rings. The zero-order valence-electron chi connectivity index (χ0n) is 14.5. The van der Waals surface area contributed by atoms with Gasteiger partial charge in [-0.2, -0.15) is 0 Å². The van der Waals surface area contributed by atoms with Crippen LogP contribution < -0.4 is 0 Å². The summed E-state index contributed by atoms with van der Waals surface area (Å²) in [5.74, 6) is -2.33. The topological polar surface area (TPSA) is 40.5 Å². The van der Waals surface area contributed by atoms with E-state index in [0.29, 0.717) is 10.9 Å². The molecule has 0 aromatic heterocycles. The second-order valence-electron chi connectivity index (χ2n) is 6.46. The summed E-state index contributed by atoms with van der Waals surface area (Å²) in [5, 5.41) is 12.0. The molecule has 3 rings (SSSR count). The van der Waals surface area contributed by atoms with Crippen LogP contribution >= 0.6 is 0 Å². The van der Waals surface area contributed by atoms with Crippen LogP contribution in [0.2, 0.25) is 0 Å². The van der Waals surface area contributed by atoms with E-state index in [0.717, 1.165) is 17.5 Å². The molecule has 5 heteroatoms. The highest BCUT2D eigenvalue weighted by atomic mass is 19.2. The third-order valence-corrected chi connectivity index (χ3v) is 4.35. The molecule has 0 heterocycles. The second kappa shape index (κ2) is 7.12. The highest BCUT2D eigenvalue weighted by Crippen LogP contribution is 2.30. The first-order valence-corrected chi connectivity index (χ1v) is 8.34. The SMILES string of the molecule is CC(C)N(Cc1ccc(F)c(F)c1)C(=O)c1ccc2ccccc2c1O. The molecule has 3 nitrogen and oxygen atoms in total. The Balaban J connectivity index is 1.96. The third-order valence-electron chi connectivity index (χ3n) is 4.35. The molecule has 0 aliphatic carbocycles. The number of fused-ring (bicyclic) bond motifs is 1. The highest BCUT2D eigenvalue weighted by molar-refractivity contribution is 6.03. The van der Waals surface area contributed by atoms with Crippen LogP contribution in [0.25, 0.3) is 10.8 Å². The van der Waals surface area contributed by atoms with Gasteiger partial charge in [-0.15, -0.1) is 0 Å². The summed E-state index contributed by atoms with van der Waals surface area (Å²) in [6.07, 6.45) is 0.